The lowest BCUT2D eigenvalue weighted by Crippen LogP contribution is -2.26. The number of pyridine rings is 1. The number of esters is 1. The molecule has 0 unspecified atom stereocenters. The predicted octanol–water partition coefficient (Wildman–Crippen LogP) is 4.93. The van der Waals surface area contributed by atoms with Gasteiger partial charge in [0, 0.05) is 23.0 Å². The van der Waals surface area contributed by atoms with Gasteiger partial charge in [-0.2, -0.15) is 0 Å². The molecule has 3 aromatic carbocycles. The standard InChI is InChI=1S/C28H27ClN2O6S/c1-2-35-28(32)19-36-24-12-8-21(15-16-30-38(33,34)25-13-9-22(29)10-14-25)27(17-24)37-18-23-11-7-20-5-3-4-6-26(20)31-23/h3-14,17,30H,2,15-16,18-19H2,1H3. The summed E-state index contributed by atoms with van der Waals surface area (Å²) in [7, 11) is -3.70. The molecule has 4 aromatic rings. The molecule has 198 valence electrons. The summed E-state index contributed by atoms with van der Waals surface area (Å²) in [5, 5.41) is 1.48. The quantitative estimate of drug-likeness (QED) is 0.248. The van der Waals surface area contributed by atoms with E-state index in [-0.39, 0.29) is 31.3 Å². The molecule has 1 aromatic heterocycles. The van der Waals surface area contributed by atoms with Crippen LogP contribution in [0.2, 0.25) is 5.02 Å². The number of nitrogens with zero attached hydrogens (tertiary/aromatic N) is 1. The number of halogens is 1. The number of carbonyl (C=O) groups excluding carboxylic acids is 1. The monoisotopic (exact) mass is 554 g/mol. The van der Waals surface area contributed by atoms with Gasteiger partial charge < -0.3 is 14.2 Å². The van der Waals surface area contributed by atoms with Gasteiger partial charge in [-0.25, -0.2) is 22.9 Å². The molecule has 1 N–H and O–H groups in total. The second-order valence-corrected chi connectivity index (χ2v) is 10.5. The molecule has 0 saturated heterocycles. The molecule has 0 atom stereocenters. The van der Waals surface area contributed by atoms with Gasteiger partial charge >= 0.3 is 5.97 Å². The zero-order valence-electron chi connectivity index (χ0n) is 20.7. The highest BCUT2D eigenvalue weighted by molar-refractivity contribution is 7.89. The third-order valence-electron chi connectivity index (χ3n) is 5.54. The van der Waals surface area contributed by atoms with E-state index in [1.165, 1.54) is 24.3 Å². The second-order valence-electron chi connectivity index (χ2n) is 8.25. The molecule has 0 fully saturated rings. The van der Waals surface area contributed by atoms with Crippen molar-refractivity contribution in [1.29, 1.82) is 0 Å². The van der Waals surface area contributed by atoms with Crippen LogP contribution in [0.15, 0.2) is 83.8 Å². The van der Waals surface area contributed by atoms with E-state index in [2.05, 4.69) is 9.71 Å². The van der Waals surface area contributed by atoms with Gasteiger partial charge in [-0.3, -0.25) is 0 Å². The number of rotatable bonds is 12. The Morgan fingerprint density at radius 2 is 1.76 bits per heavy atom. The SMILES string of the molecule is CCOC(=O)COc1ccc(CCNS(=O)(=O)c2ccc(Cl)cc2)c(OCc2ccc3ccccc3n2)c1. The molecule has 10 heteroatoms. The maximum atomic E-state index is 12.6. The zero-order valence-corrected chi connectivity index (χ0v) is 22.3. The van der Waals surface area contributed by atoms with Crippen LogP contribution in [0.4, 0.5) is 0 Å². The van der Waals surface area contributed by atoms with Crippen LogP contribution >= 0.6 is 11.6 Å². The second kappa shape index (κ2) is 12.7. The number of aromatic nitrogens is 1. The number of sulfonamides is 1. The number of nitrogens with one attached hydrogen (secondary N) is 1. The minimum absolute atomic E-state index is 0.128. The number of para-hydroxylation sites is 1. The molecule has 0 amide bonds. The average molecular weight is 555 g/mol. The molecule has 0 aliphatic rings. The first-order valence-electron chi connectivity index (χ1n) is 12.0. The van der Waals surface area contributed by atoms with Crippen LogP contribution in [0.25, 0.3) is 10.9 Å². The molecule has 0 aliphatic carbocycles. The fourth-order valence-electron chi connectivity index (χ4n) is 3.67. The van der Waals surface area contributed by atoms with Crippen molar-refractivity contribution in [2.45, 2.75) is 24.8 Å². The van der Waals surface area contributed by atoms with Crippen molar-refractivity contribution in [2.24, 2.45) is 0 Å². The molecule has 1 heterocycles. The van der Waals surface area contributed by atoms with E-state index in [1.54, 1.807) is 25.1 Å². The van der Waals surface area contributed by atoms with E-state index in [1.807, 2.05) is 36.4 Å². The molecule has 4 rings (SSSR count). The number of carbonyl (C=O) groups is 1. The third-order valence-corrected chi connectivity index (χ3v) is 7.27. The third kappa shape index (κ3) is 7.44. The number of hydrogen-bond acceptors (Lipinski definition) is 7. The summed E-state index contributed by atoms with van der Waals surface area (Å²) in [6.07, 6.45) is 0.353. The fraction of sp³-hybridized carbons (Fsp3) is 0.214. The highest BCUT2D eigenvalue weighted by Crippen LogP contribution is 2.27. The predicted molar refractivity (Wildman–Crippen MR) is 145 cm³/mol. The molecule has 0 spiro atoms. The van der Waals surface area contributed by atoms with Crippen molar-refractivity contribution in [3.8, 4) is 11.5 Å². The summed E-state index contributed by atoms with van der Waals surface area (Å²) < 4.78 is 44.4. The van der Waals surface area contributed by atoms with Gasteiger partial charge in [-0.15, -0.1) is 0 Å². The first kappa shape index (κ1) is 27.4. The summed E-state index contributed by atoms with van der Waals surface area (Å²) in [5.41, 5.74) is 2.35. The van der Waals surface area contributed by atoms with Gasteiger partial charge in [0.15, 0.2) is 6.61 Å². The van der Waals surface area contributed by atoms with Crippen LogP contribution in [0.3, 0.4) is 0 Å². The van der Waals surface area contributed by atoms with Gasteiger partial charge in [0.05, 0.1) is 22.7 Å². The minimum atomic E-state index is -3.70. The maximum absolute atomic E-state index is 12.6. The topological polar surface area (TPSA) is 104 Å². The van der Waals surface area contributed by atoms with Crippen molar-refractivity contribution in [3.05, 3.63) is 95.1 Å². The van der Waals surface area contributed by atoms with Gasteiger partial charge in [0.2, 0.25) is 10.0 Å². The minimum Gasteiger partial charge on any atom is -0.487 e. The van der Waals surface area contributed by atoms with Crippen LogP contribution in [0.5, 0.6) is 11.5 Å². The Bertz CT molecular complexity index is 1510. The summed E-state index contributed by atoms with van der Waals surface area (Å²) in [6, 6.07) is 22.8. The van der Waals surface area contributed by atoms with E-state index >= 15 is 0 Å². The molecular formula is C28H27ClN2O6S. The molecule has 0 radical (unpaired) electrons. The van der Waals surface area contributed by atoms with Crippen LogP contribution in [-0.2, 0) is 32.6 Å². The van der Waals surface area contributed by atoms with E-state index in [9.17, 15) is 13.2 Å². The summed E-state index contributed by atoms with van der Waals surface area (Å²) >= 11 is 5.86. The highest BCUT2D eigenvalue weighted by atomic mass is 35.5. The fourth-order valence-corrected chi connectivity index (χ4v) is 4.83. The molecule has 0 saturated carbocycles. The summed E-state index contributed by atoms with van der Waals surface area (Å²) in [6.45, 7) is 2.08. The van der Waals surface area contributed by atoms with Crippen LogP contribution in [0, 0.1) is 0 Å². The smallest absolute Gasteiger partial charge is 0.344 e. The van der Waals surface area contributed by atoms with Crippen LogP contribution < -0.4 is 14.2 Å². The number of ether oxygens (including phenoxy) is 3. The van der Waals surface area contributed by atoms with Crippen molar-refractivity contribution in [2.75, 3.05) is 19.8 Å². The Hall–Kier alpha value is -3.66. The van der Waals surface area contributed by atoms with Crippen LogP contribution in [-0.4, -0.2) is 39.1 Å². The first-order chi connectivity index (χ1) is 18.3. The maximum Gasteiger partial charge on any atom is 0.344 e. The summed E-state index contributed by atoms with van der Waals surface area (Å²) in [5.74, 6) is 0.438. The van der Waals surface area contributed by atoms with Crippen molar-refractivity contribution < 1.29 is 27.4 Å². The molecule has 8 nitrogen and oxygen atoms in total. The van der Waals surface area contributed by atoms with Gasteiger partial charge in [-0.1, -0.05) is 41.9 Å². The lowest BCUT2D eigenvalue weighted by atomic mass is 10.1. The van der Waals surface area contributed by atoms with Crippen molar-refractivity contribution in [3.63, 3.8) is 0 Å². The Morgan fingerprint density at radius 3 is 2.55 bits per heavy atom. The number of fused-ring (bicyclic) bond motifs is 1. The Morgan fingerprint density at radius 1 is 0.974 bits per heavy atom. The molecular weight excluding hydrogens is 528 g/mol. The van der Waals surface area contributed by atoms with Gasteiger partial charge in [-0.05, 0) is 61.4 Å². The molecule has 0 bridgehead atoms. The van der Waals surface area contributed by atoms with E-state index in [0.29, 0.717) is 22.9 Å². The lowest BCUT2D eigenvalue weighted by molar-refractivity contribution is -0.145. The summed E-state index contributed by atoms with van der Waals surface area (Å²) in [4.78, 5) is 16.5. The normalized spacial score (nSPS) is 11.3. The van der Waals surface area contributed by atoms with E-state index in [0.717, 1.165) is 22.2 Å². The molecule has 38 heavy (non-hydrogen) atoms. The molecule has 0 aliphatic heterocycles. The largest absolute Gasteiger partial charge is 0.487 e. The highest BCUT2D eigenvalue weighted by Gasteiger charge is 2.15. The Labute approximate surface area is 226 Å². The Kier molecular flexibility index (Phi) is 9.17. The van der Waals surface area contributed by atoms with Crippen molar-refractivity contribution >= 4 is 38.5 Å². The number of hydrogen-bond donors (Lipinski definition) is 1. The van der Waals surface area contributed by atoms with Crippen LogP contribution in [0.1, 0.15) is 18.2 Å². The van der Waals surface area contributed by atoms with E-state index in [4.69, 9.17) is 25.8 Å². The zero-order chi connectivity index (χ0) is 27.0. The Balaban J connectivity index is 1.48. The first-order valence-corrected chi connectivity index (χ1v) is 13.8. The van der Waals surface area contributed by atoms with Crippen molar-refractivity contribution in [1.82, 2.24) is 9.71 Å². The van der Waals surface area contributed by atoms with Gasteiger partial charge in [0.1, 0.15) is 18.1 Å². The van der Waals surface area contributed by atoms with Gasteiger partial charge in [0.25, 0.3) is 0 Å². The lowest BCUT2D eigenvalue weighted by Gasteiger charge is -2.15. The van der Waals surface area contributed by atoms with E-state index < -0.39 is 16.0 Å². The average Bonchev–Trinajstić information content (AvgIpc) is 2.91. The number of benzene rings is 3.